The number of hydrogen-bond acceptors (Lipinski definition) is 5. The van der Waals surface area contributed by atoms with Crippen molar-refractivity contribution >= 4 is 11.8 Å². The molecule has 0 radical (unpaired) electrons. The standard InChI is InChI=1S/C20H22N2O5/c1-14(23)22(12-15-3-6-17(25-2)7-4-15)10-9-21-20(24)16-5-8-18-19(11-16)27-13-26-18/h3-8,11H,9-10,12-13H2,1-2H3,(H,21,24). The lowest BCUT2D eigenvalue weighted by atomic mass is 10.2. The highest BCUT2D eigenvalue weighted by atomic mass is 16.7. The number of hydrogen-bond donors (Lipinski definition) is 1. The van der Waals surface area contributed by atoms with Crippen molar-refractivity contribution in [2.45, 2.75) is 13.5 Å². The maximum absolute atomic E-state index is 12.3. The summed E-state index contributed by atoms with van der Waals surface area (Å²) in [6.45, 7) is 2.92. The topological polar surface area (TPSA) is 77.1 Å². The van der Waals surface area contributed by atoms with Gasteiger partial charge in [0.15, 0.2) is 11.5 Å². The molecule has 2 aromatic carbocycles. The van der Waals surface area contributed by atoms with Gasteiger partial charge in [0.25, 0.3) is 5.91 Å². The summed E-state index contributed by atoms with van der Waals surface area (Å²) in [6.07, 6.45) is 0. The van der Waals surface area contributed by atoms with Crippen molar-refractivity contribution in [3.8, 4) is 17.2 Å². The first kappa shape index (κ1) is 18.6. The first-order valence-corrected chi connectivity index (χ1v) is 8.63. The molecule has 0 saturated heterocycles. The lowest BCUT2D eigenvalue weighted by Gasteiger charge is -2.21. The van der Waals surface area contributed by atoms with Crippen LogP contribution in [-0.4, -0.2) is 43.7 Å². The first-order chi connectivity index (χ1) is 13.1. The summed E-state index contributed by atoms with van der Waals surface area (Å²) in [5.41, 5.74) is 1.48. The number of amides is 2. The van der Waals surface area contributed by atoms with Crippen molar-refractivity contribution in [2.24, 2.45) is 0 Å². The first-order valence-electron chi connectivity index (χ1n) is 8.63. The Morgan fingerprint density at radius 3 is 2.56 bits per heavy atom. The lowest BCUT2D eigenvalue weighted by Crippen LogP contribution is -2.37. The minimum Gasteiger partial charge on any atom is -0.497 e. The number of carbonyl (C=O) groups is 2. The quantitative estimate of drug-likeness (QED) is 0.809. The van der Waals surface area contributed by atoms with E-state index in [9.17, 15) is 9.59 Å². The Morgan fingerprint density at radius 1 is 1.11 bits per heavy atom. The van der Waals surface area contributed by atoms with Gasteiger partial charge in [0.05, 0.1) is 7.11 Å². The Morgan fingerprint density at radius 2 is 1.85 bits per heavy atom. The molecule has 1 N–H and O–H groups in total. The molecule has 2 aromatic rings. The third-order valence-electron chi connectivity index (χ3n) is 4.28. The SMILES string of the molecule is COc1ccc(CN(CCNC(=O)c2ccc3c(c2)OCO3)C(C)=O)cc1. The minimum absolute atomic E-state index is 0.0526. The smallest absolute Gasteiger partial charge is 0.251 e. The van der Waals surface area contributed by atoms with E-state index in [1.807, 2.05) is 24.3 Å². The van der Waals surface area contributed by atoms with Crippen molar-refractivity contribution in [3.05, 3.63) is 53.6 Å². The fraction of sp³-hybridized carbons (Fsp3) is 0.300. The second-order valence-electron chi connectivity index (χ2n) is 6.11. The molecule has 0 spiro atoms. The Labute approximate surface area is 157 Å². The monoisotopic (exact) mass is 370 g/mol. The van der Waals surface area contributed by atoms with Crippen molar-refractivity contribution in [1.82, 2.24) is 10.2 Å². The van der Waals surface area contributed by atoms with Gasteiger partial charge in [0.2, 0.25) is 12.7 Å². The largest absolute Gasteiger partial charge is 0.497 e. The van der Waals surface area contributed by atoms with E-state index in [1.165, 1.54) is 6.92 Å². The van der Waals surface area contributed by atoms with Gasteiger partial charge in [-0.25, -0.2) is 0 Å². The Kier molecular flexibility index (Phi) is 5.80. The summed E-state index contributed by atoms with van der Waals surface area (Å²) < 4.78 is 15.7. The minimum atomic E-state index is -0.221. The molecule has 0 saturated carbocycles. The molecule has 3 rings (SSSR count). The molecule has 1 heterocycles. The van der Waals surface area contributed by atoms with E-state index in [4.69, 9.17) is 14.2 Å². The van der Waals surface area contributed by atoms with Crippen LogP contribution in [0.3, 0.4) is 0 Å². The van der Waals surface area contributed by atoms with Crippen LogP contribution in [0.25, 0.3) is 0 Å². The molecular formula is C20H22N2O5. The molecule has 0 fully saturated rings. The van der Waals surface area contributed by atoms with Crippen LogP contribution < -0.4 is 19.5 Å². The van der Waals surface area contributed by atoms with Crippen LogP contribution in [0.15, 0.2) is 42.5 Å². The highest BCUT2D eigenvalue weighted by Crippen LogP contribution is 2.32. The van der Waals surface area contributed by atoms with Gasteiger partial charge in [-0.3, -0.25) is 9.59 Å². The van der Waals surface area contributed by atoms with E-state index in [-0.39, 0.29) is 18.6 Å². The highest BCUT2D eigenvalue weighted by Gasteiger charge is 2.16. The third kappa shape index (κ3) is 4.69. The number of benzene rings is 2. The molecule has 0 bridgehead atoms. The summed E-state index contributed by atoms with van der Waals surface area (Å²) in [4.78, 5) is 25.9. The number of ether oxygens (including phenoxy) is 3. The van der Waals surface area contributed by atoms with Gasteiger partial charge in [-0.15, -0.1) is 0 Å². The zero-order valence-corrected chi connectivity index (χ0v) is 15.4. The van der Waals surface area contributed by atoms with E-state index in [1.54, 1.807) is 30.2 Å². The summed E-state index contributed by atoms with van der Waals surface area (Å²) >= 11 is 0. The fourth-order valence-electron chi connectivity index (χ4n) is 2.74. The molecule has 7 nitrogen and oxygen atoms in total. The fourth-order valence-corrected chi connectivity index (χ4v) is 2.74. The van der Waals surface area contributed by atoms with Gasteiger partial charge in [-0.2, -0.15) is 0 Å². The van der Waals surface area contributed by atoms with Crippen LogP contribution in [0.4, 0.5) is 0 Å². The number of nitrogens with zero attached hydrogens (tertiary/aromatic N) is 1. The van der Waals surface area contributed by atoms with Gasteiger partial charge in [0, 0.05) is 32.1 Å². The van der Waals surface area contributed by atoms with Crippen LogP contribution in [0.2, 0.25) is 0 Å². The van der Waals surface area contributed by atoms with Crippen molar-refractivity contribution < 1.29 is 23.8 Å². The molecule has 27 heavy (non-hydrogen) atoms. The lowest BCUT2D eigenvalue weighted by molar-refractivity contribution is -0.129. The summed E-state index contributed by atoms with van der Waals surface area (Å²) in [5, 5.41) is 2.83. The summed E-state index contributed by atoms with van der Waals surface area (Å²) in [5.74, 6) is 1.69. The zero-order valence-electron chi connectivity index (χ0n) is 15.4. The van der Waals surface area contributed by atoms with Crippen LogP contribution in [0, 0.1) is 0 Å². The van der Waals surface area contributed by atoms with Crippen LogP contribution >= 0.6 is 0 Å². The van der Waals surface area contributed by atoms with E-state index in [0.717, 1.165) is 11.3 Å². The van der Waals surface area contributed by atoms with Gasteiger partial charge < -0.3 is 24.4 Å². The van der Waals surface area contributed by atoms with Crippen molar-refractivity contribution in [1.29, 1.82) is 0 Å². The summed E-state index contributed by atoms with van der Waals surface area (Å²) in [6, 6.07) is 12.6. The predicted octanol–water partition coefficient (Wildman–Crippen LogP) is 2.20. The molecule has 142 valence electrons. The highest BCUT2D eigenvalue weighted by molar-refractivity contribution is 5.94. The van der Waals surface area contributed by atoms with Crippen molar-refractivity contribution in [2.75, 3.05) is 27.0 Å². The zero-order chi connectivity index (χ0) is 19.2. The Bertz CT molecular complexity index is 820. The predicted molar refractivity (Wildman–Crippen MR) is 99.0 cm³/mol. The average molecular weight is 370 g/mol. The number of rotatable bonds is 7. The maximum atomic E-state index is 12.3. The molecule has 7 heteroatoms. The molecule has 2 amide bonds. The third-order valence-corrected chi connectivity index (χ3v) is 4.28. The number of carbonyl (C=O) groups excluding carboxylic acids is 2. The Hall–Kier alpha value is -3.22. The molecule has 0 aromatic heterocycles. The normalized spacial score (nSPS) is 11.8. The van der Waals surface area contributed by atoms with Crippen LogP contribution in [-0.2, 0) is 11.3 Å². The molecule has 0 unspecified atom stereocenters. The van der Waals surface area contributed by atoms with Crippen LogP contribution in [0.5, 0.6) is 17.2 Å². The number of fused-ring (bicyclic) bond motifs is 1. The molecule has 1 aliphatic heterocycles. The molecule has 0 atom stereocenters. The van der Waals surface area contributed by atoms with Crippen molar-refractivity contribution in [3.63, 3.8) is 0 Å². The van der Waals surface area contributed by atoms with Crippen LogP contribution in [0.1, 0.15) is 22.8 Å². The Balaban J connectivity index is 1.53. The second kappa shape index (κ2) is 8.44. The summed E-state index contributed by atoms with van der Waals surface area (Å²) in [7, 11) is 1.61. The molecular weight excluding hydrogens is 348 g/mol. The van der Waals surface area contributed by atoms with Gasteiger partial charge in [-0.05, 0) is 35.9 Å². The van der Waals surface area contributed by atoms with E-state index >= 15 is 0 Å². The number of methoxy groups -OCH3 is 1. The average Bonchev–Trinajstić information content (AvgIpc) is 3.15. The molecule has 0 aliphatic carbocycles. The van der Waals surface area contributed by atoms with Gasteiger partial charge in [-0.1, -0.05) is 12.1 Å². The van der Waals surface area contributed by atoms with E-state index in [2.05, 4.69) is 5.32 Å². The second-order valence-corrected chi connectivity index (χ2v) is 6.11. The molecule has 1 aliphatic rings. The van der Waals surface area contributed by atoms with E-state index < -0.39 is 0 Å². The maximum Gasteiger partial charge on any atom is 0.251 e. The van der Waals surface area contributed by atoms with E-state index in [0.29, 0.717) is 36.7 Å². The number of nitrogens with one attached hydrogen (secondary N) is 1. The van der Waals surface area contributed by atoms with Gasteiger partial charge in [0.1, 0.15) is 5.75 Å². The van der Waals surface area contributed by atoms with Gasteiger partial charge >= 0.3 is 0 Å².